The molecule has 0 atom stereocenters. The number of nitrogens with zero attached hydrogens (tertiary/aromatic N) is 3. The molecule has 1 aliphatic rings. The van der Waals surface area contributed by atoms with E-state index in [0.29, 0.717) is 17.3 Å². The molecule has 152 valence electrons. The summed E-state index contributed by atoms with van der Waals surface area (Å²) < 4.78 is 28.1. The minimum atomic E-state index is -3.55. The van der Waals surface area contributed by atoms with Crippen molar-refractivity contribution in [1.82, 2.24) is 14.7 Å². The molecule has 0 unspecified atom stereocenters. The van der Waals surface area contributed by atoms with E-state index in [0.717, 1.165) is 41.4 Å². The monoisotopic (exact) mass is 403 g/mol. The van der Waals surface area contributed by atoms with Crippen molar-refractivity contribution in [3.8, 4) is 0 Å². The van der Waals surface area contributed by atoms with E-state index in [2.05, 4.69) is 24.9 Å². The smallest absolute Gasteiger partial charge is 0.241 e. The third-order valence-electron chi connectivity index (χ3n) is 4.85. The van der Waals surface area contributed by atoms with Crippen LogP contribution in [0, 0.1) is 27.7 Å². The van der Waals surface area contributed by atoms with E-state index in [9.17, 15) is 8.42 Å². The zero-order valence-corrected chi connectivity index (χ0v) is 17.9. The summed E-state index contributed by atoms with van der Waals surface area (Å²) in [7, 11) is -3.55. The SMILES string of the molecule is Cc1cc(C)c(S(=O)(=O)NCCNc2cc(N3CCCC3)nc(C)n2)c(C)c1. The lowest BCUT2D eigenvalue weighted by atomic mass is 10.1. The normalized spacial score (nSPS) is 14.5. The number of aryl methyl sites for hydroxylation is 4. The van der Waals surface area contributed by atoms with E-state index >= 15 is 0 Å². The molecular weight excluding hydrogens is 374 g/mol. The third kappa shape index (κ3) is 4.80. The summed E-state index contributed by atoms with van der Waals surface area (Å²) in [6, 6.07) is 5.72. The highest BCUT2D eigenvalue weighted by molar-refractivity contribution is 7.89. The van der Waals surface area contributed by atoms with Crippen LogP contribution in [0.3, 0.4) is 0 Å². The molecule has 0 radical (unpaired) electrons. The molecule has 8 heteroatoms. The maximum absolute atomic E-state index is 12.7. The van der Waals surface area contributed by atoms with Gasteiger partial charge in [0, 0.05) is 32.2 Å². The average Bonchev–Trinajstić information content (AvgIpc) is 3.12. The molecule has 2 N–H and O–H groups in total. The minimum absolute atomic E-state index is 0.275. The van der Waals surface area contributed by atoms with Gasteiger partial charge in [-0.2, -0.15) is 0 Å². The molecule has 0 bridgehead atoms. The fourth-order valence-electron chi connectivity index (χ4n) is 3.79. The summed E-state index contributed by atoms with van der Waals surface area (Å²) in [5.41, 5.74) is 2.59. The van der Waals surface area contributed by atoms with Crippen LogP contribution >= 0.6 is 0 Å². The van der Waals surface area contributed by atoms with Gasteiger partial charge in [-0.15, -0.1) is 0 Å². The fraction of sp³-hybridized carbons (Fsp3) is 0.500. The van der Waals surface area contributed by atoms with Crippen LogP contribution in [0.15, 0.2) is 23.1 Å². The Balaban J connectivity index is 1.61. The van der Waals surface area contributed by atoms with E-state index in [1.807, 2.05) is 45.9 Å². The van der Waals surface area contributed by atoms with E-state index in [1.165, 1.54) is 12.8 Å². The Bertz CT molecular complexity index is 930. The highest BCUT2D eigenvalue weighted by Gasteiger charge is 2.19. The van der Waals surface area contributed by atoms with Crippen molar-refractivity contribution in [1.29, 1.82) is 0 Å². The van der Waals surface area contributed by atoms with Gasteiger partial charge in [0.2, 0.25) is 10.0 Å². The van der Waals surface area contributed by atoms with Gasteiger partial charge in [-0.25, -0.2) is 23.1 Å². The van der Waals surface area contributed by atoms with E-state index < -0.39 is 10.0 Å². The summed E-state index contributed by atoms with van der Waals surface area (Å²) in [5.74, 6) is 2.36. The van der Waals surface area contributed by atoms with Gasteiger partial charge in [-0.3, -0.25) is 0 Å². The van der Waals surface area contributed by atoms with Crippen LogP contribution in [0.4, 0.5) is 11.6 Å². The molecule has 0 amide bonds. The molecule has 1 aromatic carbocycles. The Labute approximate surface area is 167 Å². The Morgan fingerprint density at radius 2 is 1.61 bits per heavy atom. The lowest BCUT2D eigenvalue weighted by molar-refractivity contribution is 0.581. The third-order valence-corrected chi connectivity index (χ3v) is 6.62. The number of aromatic nitrogens is 2. The number of rotatable bonds is 7. The topological polar surface area (TPSA) is 87.2 Å². The predicted molar refractivity (Wildman–Crippen MR) is 113 cm³/mol. The second-order valence-electron chi connectivity index (χ2n) is 7.41. The Hall–Kier alpha value is -2.19. The van der Waals surface area contributed by atoms with Crippen LogP contribution in [0.5, 0.6) is 0 Å². The van der Waals surface area contributed by atoms with Gasteiger partial charge < -0.3 is 10.2 Å². The fourth-order valence-corrected chi connectivity index (χ4v) is 5.27. The molecular formula is C20H29N5O2S. The van der Waals surface area contributed by atoms with Crippen LogP contribution < -0.4 is 14.9 Å². The standard InChI is InChI=1S/C20H29N5O2S/c1-14-11-15(2)20(16(3)12-14)28(26,27)22-8-7-21-18-13-19(24-17(4)23-18)25-9-5-6-10-25/h11-13,22H,5-10H2,1-4H3,(H,21,23,24). The second-order valence-corrected chi connectivity index (χ2v) is 9.11. The lowest BCUT2D eigenvalue weighted by Crippen LogP contribution is -2.30. The van der Waals surface area contributed by atoms with Crippen molar-refractivity contribution in [2.24, 2.45) is 0 Å². The van der Waals surface area contributed by atoms with Gasteiger partial charge >= 0.3 is 0 Å². The van der Waals surface area contributed by atoms with Crippen molar-refractivity contribution < 1.29 is 8.42 Å². The predicted octanol–water partition coefficient (Wildman–Crippen LogP) is 2.70. The van der Waals surface area contributed by atoms with E-state index in [1.54, 1.807) is 0 Å². The van der Waals surface area contributed by atoms with Gasteiger partial charge in [0.05, 0.1) is 4.90 Å². The van der Waals surface area contributed by atoms with Crippen LogP contribution in [0.25, 0.3) is 0 Å². The molecule has 0 spiro atoms. The number of anilines is 2. The van der Waals surface area contributed by atoms with Crippen LogP contribution in [0.2, 0.25) is 0 Å². The average molecular weight is 404 g/mol. The largest absolute Gasteiger partial charge is 0.369 e. The molecule has 1 aliphatic heterocycles. The van der Waals surface area contributed by atoms with Gasteiger partial charge in [-0.1, -0.05) is 17.7 Å². The summed E-state index contributed by atoms with van der Waals surface area (Å²) >= 11 is 0. The zero-order valence-electron chi connectivity index (χ0n) is 17.0. The quantitative estimate of drug-likeness (QED) is 0.691. The Kier molecular flexibility index (Phi) is 6.20. The number of benzene rings is 1. The van der Waals surface area contributed by atoms with Crippen molar-refractivity contribution in [2.75, 3.05) is 36.4 Å². The first-order valence-corrected chi connectivity index (χ1v) is 11.2. The van der Waals surface area contributed by atoms with E-state index in [4.69, 9.17) is 0 Å². The molecule has 28 heavy (non-hydrogen) atoms. The highest BCUT2D eigenvalue weighted by atomic mass is 32.2. The van der Waals surface area contributed by atoms with Crippen molar-refractivity contribution >= 4 is 21.7 Å². The van der Waals surface area contributed by atoms with Crippen LogP contribution in [0.1, 0.15) is 35.4 Å². The maximum atomic E-state index is 12.7. The molecule has 7 nitrogen and oxygen atoms in total. The van der Waals surface area contributed by atoms with Crippen LogP contribution in [-0.4, -0.2) is 44.6 Å². The molecule has 1 saturated heterocycles. The van der Waals surface area contributed by atoms with Crippen molar-refractivity contribution in [3.05, 3.63) is 40.7 Å². The van der Waals surface area contributed by atoms with Crippen molar-refractivity contribution in [3.63, 3.8) is 0 Å². The van der Waals surface area contributed by atoms with Gasteiger partial charge in [0.25, 0.3) is 0 Å². The number of hydrogen-bond acceptors (Lipinski definition) is 6. The maximum Gasteiger partial charge on any atom is 0.241 e. The molecule has 3 rings (SSSR count). The zero-order chi connectivity index (χ0) is 20.3. The minimum Gasteiger partial charge on any atom is -0.369 e. The Morgan fingerprint density at radius 1 is 0.964 bits per heavy atom. The van der Waals surface area contributed by atoms with Crippen molar-refractivity contribution in [2.45, 2.75) is 45.4 Å². The second kappa shape index (κ2) is 8.45. The number of sulfonamides is 1. The van der Waals surface area contributed by atoms with Gasteiger partial charge in [0.15, 0.2) is 0 Å². The summed E-state index contributed by atoms with van der Waals surface area (Å²) in [4.78, 5) is 11.5. The molecule has 2 aromatic rings. The molecule has 1 fully saturated rings. The summed E-state index contributed by atoms with van der Waals surface area (Å²) in [6.07, 6.45) is 2.37. The number of nitrogens with one attached hydrogen (secondary N) is 2. The molecule has 2 heterocycles. The summed E-state index contributed by atoms with van der Waals surface area (Å²) in [5, 5.41) is 3.21. The van der Waals surface area contributed by atoms with Gasteiger partial charge in [0.1, 0.15) is 17.5 Å². The molecule has 1 aromatic heterocycles. The number of hydrogen-bond donors (Lipinski definition) is 2. The first kappa shape index (κ1) is 20.5. The van der Waals surface area contributed by atoms with Crippen LogP contribution in [-0.2, 0) is 10.0 Å². The summed E-state index contributed by atoms with van der Waals surface area (Å²) in [6.45, 7) is 10.3. The molecule has 0 saturated carbocycles. The first-order valence-electron chi connectivity index (χ1n) is 9.68. The van der Waals surface area contributed by atoms with E-state index in [-0.39, 0.29) is 6.54 Å². The lowest BCUT2D eigenvalue weighted by Gasteiger charge is -2.18. The van der Waals surface area contributed by atoms with Gasteiger partial charge in [-0.05, 0) is 51.7 Å². The first-order chi connectivity index (χ1) is 13.3. The highest BCUT2D eigenvalue weighted by Crippen LogP contribution is 2.22. The molecule has 0 aliphatic carbocycles. The Morgan fingerprint density at radius 3 is 2.25 bits per heavy atom.